The van der Waals surface area contributed by atoms with Gasteiger partial charge in [0.15, 0.2) is 0 Å². The number of ether oxygens (including phenoxy) is 1. The molecule has 5 nitrogen and oxygen atoms in total. The topological polar surface area (TPSA) is 64.1 Å². The predicted molar refractivity (Wildman–Crippen MR) is 74.6 cm³/mol. The molecule has 0 saturated heterocycles. The van der Waals surface area contributed by atoms with Crippen molar-refractivity contribution in [2.45, 2.75) is 32.4 Å². The van der Waals surface area contributed by atoms with Crippen molar-refractivity contribution in [3.8, 4) is 5.88 Å². The highest BCUT2D eigenvalue weighted by atomic mass is 32.2. The monoisotopic (exact) mass is 271 g/mol. The molecule has 2 atom stereocenters. The molecule has 0 fully saturated rings. The molecular weight excluding hydrogens is 250 g/mol. The highest BCUT2D eigenvalue weighted by Crippen LogP contribution is 2.20. The van der Waals surface area contributed by atoms with Crippen LogP contribution in [0.2, 0.25) is 0 Å². The summed E-state index contributed by atoms with van der Waals surface area (Å²) in [4.78, 5) is 8.26. The molecule has 1 aromatic rings. The Morgan fingerprint density at radius 2 is 2.22 bits per heavy atom. The van der Waals surface area contributed by atoms with Crippen molar-refractivity contribution >= 4 is 16.6 Å². The van der Waals surface area contributed by atoms with E-state index in [0.29, 0.717) is 12.5 Å². The molecule has 1 aromatic heterocycles. The van der Waals surface area contributed by atoms with E-state index in [1.165, 1.54) is 6.33 Å². The number of nitrogens with one attached hydrogen (secondary N) is 1. The van der Waals surface area contributed by atoms with E-state index in [1.54, 1.807) is 6.26 Å². The van der Waals surface area contributed by atoms with Crippen molar-refractivity contribution in [1.29, 1.82) is 0 Å². The fraction of sp³-hybridized carbons (Fsp3) is 0.667. The van der Waals surface area contributed by atoms with Gasteiger partial charge in [0, 0.05) is 28.9 Å². The largest absolute Gasteiger partial charge is 0.478 e. The van der Waals surface area contributed by atoms with Gasteiger partial charge in [-0.05, 0) is 20.3 Å². The second-order valence-electron chi connectivity index (χ2n) is 4.11. The molecule has 0 radical (unpaired) electrons. The van der Waals surface area contributed by atoms with Gasteiger partial charge in [-0.1, -0.05) is 6.92 Å². The maximum absolute atomic E-state index is 11.2. The van der Waals surface area contributed by atoms with E-state index >= 15 is 0 Å². The van der Waals surface area contributed by atoms with Crippen molar-refractivity contribution in [3.05, 3.63) is 11.9 Å². The molecule has 18 heavy (non-hydrogen) atoms. The lowest BCUT2D eigenvalue weighted by molar-refractivity contribution is 0.324. The maximum atomic E-state index is 11.2. The van der Waals surface area contributed by atoms with E-state index in [4.69, 9.17) is 4.74 Å². The number of anilines is 1. The summed E-state index contributed by atoms with van der Waals surface area (Å²) in [6, 6.07) is 0. The molecule has 6 heteroatoms. The van der Waals surface area contributed by atoms with E-state index in [1.807, 2.05) is 20.8 Å². The maximum Gasteiger partial charge on any atom is 0.221 e. The molecular formula is C12H21N3O2S. The van der Waals surface area contributed by atoms with Gasteiger partial charge < -0.3 is 10.1 Å². The Bertz CT molecular complexity index is 412. The zero-order valence-electron chi connectivity index (χ0n) is 11.4. The van der Waals surface area contributed by atoms with Crippen LogP contribution >= 0.6 is 0 Å². The first-order valence-electron chi connectivity index (χ1n) is 6.06. The SMILES string of the molecule is CCOc1ncnc(NCCC(C)S(C)=O)c1C. The molecule has 2 unspecified atom stereocenters. The van der Waals surface area contributed by atoms with Crippen LogP contribution in [0.3, 0.4) is 0 Å². The minimum absolute atomic E-state index is 0.186. The third-order valence-corrected chi connectivity index (χ3v) is 4.10. The third-order valence-electron chi connectivity index (χ3n) is 2.73. The van der Waals surface area contributed by atoms with Gasteiger partial charge >= 0.3 is 0 Å². The average molecular weight is 271 g/mol. The molecule has 102 valence electrons. The molecule has 0 aromatic carbocycles. The summed E-state index contributed by atoms with van der Waals surface area (Å²) in [7, 11) is -0.778. The zero-order chi connectivity index (χ0) is 13.5. The first kappa shape index (κ1) is 14.9. The fourth-order valence-corrected chi connectivity index (χ4v) is 1.90. The van der Waals surface area contributed by atoms with Crippen molar-refractivity contribution in [3.63, 3.8) is 0 Å². The van der Waals surface area contributed by atoms with Gasteiger partial charge in [-0.3, -0.25) is 4.21 Å². The first-order valence-corrected chi connectivity index (χ1v) is 7.68. The number of nitrogens with zero attached hydrogens (tertiary/aromatic N) is 2. The summed E-state index contributed by atoms with van der Waals surface area (Å²) in [6.07, 6.45) is 4.06. The van der Waals surface area contributed by atoms with Crippen LogP contribution in [-0.2, 0) is 10.8 Å². The van der Waals surface area contributed by atoms with Crippen LogP contribution in [0.5, 0.6) is 5.88 Å². The Kier molecular flexibility index (Phi) is 6.04. The number of hydrogen-bond acceptors (Lipinski definition) is 5. The highest BCUT2D eigenvalue weighted by Gasteiger charge is 2.09. The van der Waals surface area contributed by atoms with E-state index in [9.17, 15) is 4.21 Å². The standard InChI is InChI=1S/C12H21N3O2S/c1-5-17-12-10(3)11(14-8-15-12)13-7-6-9(2)18(4)16/h8-9H,5-7H2,1-4H3,(H,13,14,15). The lowest BCUT2D eigenvalue weighted by Gasteiger charge is -2.12. The minimum Gasteiger partial charge on any atom is -0.478 e. The summed E-state index contributed by atoms with van der Waals surface area (Å²) in [6.45, 7) is 7.16. The molecule has 1 rings (SSSR count). The van der Waals surface area contributed by atoms with Crippen molar-refractivity contribution in [2.24, 2.45) is 0 Å². The highest BCUT2D eigenvalue weighted by molar-refractivity contribution is 7.84. The van der Waals surface area contributed by atoms with Gasteiger partial charge in [-0.25, -0.2) is 9.97 Å². The summed E-state index contributed by atoms with van der Waals surface area (Å²) >= 11 is 0. The van der Waals surface area contributed by atoms with E-state index in [-0.39, 0.29) is 5.25 Å². The van der Waals surface area contributed by atoms with Gasteiger partial charge in [0.05, 0.1) is 12.2 Å². The minimum atomic E-state index is -0.778. The molecule has 0 bridgehead atoms. The molecule has 0 aliphatic rings. The van der Waals surface area contributed by atoms with Crippen LogP contribution in [0.15, 0.2) is 6.33 Å². The first-order chi connectivity index (χ1) is 8.56. The van der Waals surface area contributed by atoms with Gasteiger partial charge in [-0.2, -0.15) is 0 Å². The summed E-state index contributed by atoms with van der Waals surface area (Å²) < 4.78 is 16.6. The second-order valence-corrected chi connectivity index (χ2v) is 5.91. The Morgan fingerprint density at radius 1 is 1.50 bits per heavy atom. The fourth-order valence-electron chi connectivity index (χ4n) is 1.45. The van der Waals surface area contributed by atoms with E-state index < -0.39 is 10.8 Å². The summed E-state index contributed by atoms with van der Waals surface area (Å²) in [5, 5.41) is 3.42. The van der Waals surface area contributed by atoms with Crippen LogP contribution in [0.1, 0.15) is 25.8 Å². The summed E-state index contributed by atoms with van der Waals surface area (Å²) in [5.74, 6) is 1.39. The molecule has 0 saturated carbocycles. The van der Waals surface area contributed by atoms with Gasteiger partial charge in [-0.15, -0.1) is 0 Å². The Hall–Kier alpha value is -1.17. The normalized spacial score (nSPS) is 14.0. The second kappa shape index (κ2) is 7.31. The Morgan fingerprint density at radius 3 is 2.83 bits per heavy atom. The molecule has 0 aliphatic carbocycles. The van der Waals surface area contributed by atoms with Crippen LogP contribution in [0, 0.1) is 6.92 Å². The number of rotatable bonds is 7. The van der Waals surface area contributed by atoms with Crippen LogP contribution in [-0.4, -0.2) is 38.8 Å². The van der Waals surface area contributed by atoms with Crippen molar-refractivity contribution in [2.75, 3.05) is 24.7 Å². The van der Waals surface area contributed by atoms with E-state index in [2.05, 4.69) is 15.3 Å². The van der Waals surface area contributed by atoms with Crippen LogP contribution in [0.25, 0.3) is 0 Å². The van der Waals surface area contributed by atoms with Gasteiger partial charge in [0.1, 0.15) is 12.1 Å². The van der Waals surface area contributed by atoms with Gasteiger partial charge in [0.2, 0.25) is 5.88 Å². The smallest absolute Gasteiger partial charge is 0.221 e. The quantitative estimate of drug-likeness (QED) is 0.818. The number of hydrogen-bond donors (Lipinski definition) is 1. The van der Waals surface area contributed by atoms with Crippen molar-refractivity contribution in [1.82, 2.24) is 9.97 Å². The van der Waals surface area contributed by atoms with Crippen LogP contribution in [0.4, 0.5) is 5.82 Å². The van der Waals surface area contributed by atoms with Crippen LogP contribution < -0.4 is 10.1 Å². The van der Waals surface area contributed by atoms with Gasteiger partial charge in [0.25, 0.3) is 0 Å². The Balaban J connectivity index is 2.57. The average Bonchev–Trinajstić information content (AvgIpc) is 2.33. The molecule has 0 aliphatic heterocycles. The van der Waals surface area contributed by atoms with Crippen molar-refractivity contribution < 1.29 is 8.95 Å². The lowest BCUT2D eigenvalue weighted by Crippen LogP contribution is -2.16. The third kappa shape index (κ3) is 4.25. The predicted octanol–water partition coefficient (Wildman–Crippen LogP) is 1.75. The molecule has 1 heterocycles. The summed E-state index contributed by atoms with van der Waals surface area (Å²) in [5.41, 5.74) is 0.907. The van der Waals surface area contributed by atoms with E-state index in [0.717, 1.165) is 24.3 Å². The number of aromatic nitrogens is 2. The molecule has 0 spiro atoms. The zero-order valence-corrected chi connectivity index (χ0v) is 12.2. The molecule has 1 N–H and O–H groups in total. The molecule has 0 amide bonds. The lowest BCUT2D eigenvalue weighted by atomic mass is 10.3. The Labute approximate surface area is 111 Å².